The van der Waals surface area contributed by atoms with Gasteiger partial charge in [0.1, 0.15) is 0 Å². The molecule has 0 unspecified atom stereocenters. The van der Waals surface area contributed by atoms with Gasteiger partial charge in [-0.15, -0.1) is 0 Å². The van der Waals surface area contributed by atoms with Crippen LogP contribution < -0.4 is 0 Å². The topological polar surface area (TPSA) is 21.7 Å². The standard InChI is InChI=1S/C17H33NO2/c1-15(2,3)19-12-14-8-10-17(9-7-11-18(14)17)13-20-16(4,5)6/h14H,7-13H2,1-6H3/t14-,17-/m0/s1. The minimum Gasteiger partial charge on any atom is -0.374 e. The quantitative estimate of drug-likeness (QED) is 0.786. The second-order valence-electron chi connectivity index (χ2n) is 8.54. The van der Waals surface area contributed by atoms with Gasteiger partial charge in [-0.3, -0.25) is 4.90 Å². The highest BCUT2D eigenvalue weighted by Gasteiger charge is 2.49. The lowest BCUT2D eigenvalue weighted by molar-refractivity contribution is -0.0706. The Morgan fingerprint density at radius 3 is 2.25 bits per heavy atom. The Bertz CT molecular complexity index is 329. The Hall–Kier alpha value is -0.120. The minimum atomic E-state index is -0.0387. The van der Waals surface area contributed by atoms with Crippen LogP contribution in [0.4, 0.5) is 0 Å². The van der Waals surface area contributed by atoms with Crippen molar-refractivity contribution in [2.24, 2.45) is 0 Å². The van der Waals surface area contributed by atoms with E-state index in [-0.39, 0.29) is 11.2 Å². The van der Waals surface area contributed by atoms with Crippen LogP contribution in [0.1, 0.15) is 67.2 Å². The zero-order chi connectivity index (χ0) is 15.0. The van der Waals surface area contributed by atoms with E-state index in [1.807, 2.05) is 0 Å². The lowest BCUT2D eigenvalue weighted by Gasteiger charge is -2.37. The largest absolute Gasteiger partial charge is 0.374 e. The molecule has 2 aliphatic heterocycles. The predicted molar refractivity (Wildman–Crippen MR) is 83.1 cm³/mol. The van der Waals surface area contributed by atoms with Gasteiger partial charge in [-0.2, -0.15) is 0 Å². The summed E-state index contributed by atoms with van der Waals surface area (Å²) in [7, 11) is 0. The fourth-order valence-corrected chi connectivity index (χ4v) is 3.49. The summed E-state index contributed by atoms with van der Waals surface area (Å²) in [6.07, 6.45) is 5.11. The Kier molecular flexibility index (Phi) is 4.54. The smallest absolute Gasteiger partial charge is 0.0657 e. The summed E-state index contributed by atoms with van der Waals surface area (Å²) in [6.45, 7) is 15.8. The average molecular weight is 283 g/mol. The van der Waals surface area contributed by atoms with Crippen LogP contribution in [-0.4, -0.2) is 47.4 Å². The fraction of sp³-hybridized carbons (Fsp3) is 1.00. The van der Waals surface area contributed by atoms with Crippen LogP contribution in [0, 0.1) is 0 Å². The predicted octanol–water partition coefficient (Wildman–Crippen LogP) is 3.61. The Morgan fingerprint density at radius 1 is 1.00 bits per heavy atom. The highest BCUT2D eigenvalue weighted by Crippen LogP contribution is 2.43. The van der Waals surface area contributed by atoms with E-state index < -0.39 is 0 Å². The van der Waals surface area contributed by atoms with Crippen molar-refractivity contribution in [3.8, 4) is 0 Å². The third-order valence-electron chi connectivity index (χ3n) is 4.52. The van der Waals surface area contributed by atoms with Crippen LogP contribution in [0.15, 0.2) is 0 Å². The number of hydrogen-bond donors (Lipinski definition) is 0. The van der Waals surface area contributed by atoms with E-state index in [1.54, 1.807) is 0 Å². The Balaban J connectivity index is 1.94. The van der Waals surface area contributed by atoms with Gasteiger partial charge in [0.05, 0.1) is 24.4 Å². The Labute approximate surface area is 125 Å². The summed E-state index contributed by atoms with van der Waals surface area (Å²) in [5, 5.41) is 0. The van der Waals surface area contributed by atoms with Gasteiger partial charge in [-0.05, 0) is 73.8 Å². The molecule has 2 fully saturated rings. The molecule has 0 aromatic carbocycles. The third-order valence-corrected chi connectivity index (χ3v) is 4.52. The first kappa shape index (κ1) is 16.3. The molecule has 0 spiro atoms. The van der Waals surface area contributed by atoms with Crippen LogP contribution in [0.25, 0.3) is 0 Å². The molecule has 0 bridgehead atoms. The summed E-state index contributed by atoms with van der Waals surface area (Å²) >= 11 is 0. The van der Waals surface area contributed by atoms with Gasteiger partial charge < -0.3 is 9.47 Å². The van der Waals surface area contributed by atoms with Crippen LogP contribution in [-0.2, 0) is 9.47 Å². The Morgan fingerprint density at radius 2 is 1.65 bits per heavy atom. The van der Waals surface area contributed by atoms with E-state index in [0.29, 0.717) is 11.6 Å². The van der Waals surface area contributed by atoms with Crippen molar-refractivity contribution in [3.63, 3.8) is 0 Å². The lowest BCUT2D eigenvalue weighted by Crippen LogP contribution is -2.48. The highest BCUT2D eigenvalue weighted by atomic mass is 16.5. The molecule has 2 atom stereocenters. The van der Waals surface area contributed by atoms with Crippen molar-refractivity contribution in [1.29, 1.82) is 0 Å². The SMILES string of the molecule is CC(C)(C)OC[C@@H]1CC[C@]2(COC(C)(C)C)CCCN12. The first-order chi connectivity index (χ1) is 9.11. The van der Waals surface area contributed by atoms with Crippen LogP contribution in [0.2, 0.25) is 0 Å². The molecule has 0 radical (unpaired) electrons. The number of ether oxygens (including phenoxy) is 2. The second-order valence-corrected chi connectivity index (χ2v) is 8.54. The van der Waals surface area contributed by atoms with Crippen molar-refractivity contribution >= 4 is 0 Å². The summed E-state index contributed by atoms with van der Waals surface area (Å²) in [6, 6.07) is 0.584. The number of nitrogens with zero attached hydrogens (tertiary/aromatic N) is 1. The molecule has 0 aliphatic carbocycles. The molecule has 0 aromatic heterocycles. The van der Waals surface area contributed by atoms with Crippen molar-refractivity contribution in [1.82, 2.24) is 4.90 Å². The van der Waals surface area contributed by atoms with E-state index in [1.165, 1.54) is 32.2 Å². The maximum atomic E-state index is 6.13. The molecule has 2 aliphatic rings. The van der Waals surface area contributed by atoms with Crippen molar-refractivity contribution in [2.45, 2.75) is 90.0 Å². The minimum absolute atomic E-state index is 0.0348. The van der Waals surface area contributed by atoms with Gasteiger partial charge in [0.25, 0.3) is 0 Å². The summed E-state index contributed by atoms with van der Waals surface area (Å²) in [5.74, 6) is 0. The molecular formula is C17H33NO2. The average Bonchev–Trinajstić information content (AvgIpc) is 2.80. The van der Waals surface area contributed by atoms with Crippen molar-refractivity contribution in [2.75, 3.05) is 19.8 Å². The first-order valence-corrected chi connectivity index (χ1v) is 8.16. The number of fused-ring (bicyclic) bond motifs is 1. The molecule has 3 nitrogen and oxygen atoms in total. The van der Waals surface area contributed by atoms with E-state index >= 15 is 0 Å². The fourth-order valence-electron chi connectivity index (χ4n) is 3.49. The maximum Gasteiger partial charge on any atom is 0.0657 e. The van der Waals surface area contributed by atoms with Gasteiger partial charge in [0.15, 0.2) is 0 Å². The molecule has 0 aromatic rings. The van der Waals surface area contributed by atoms with Gasteiger partial charge in [0, 0.05) is 11.6 Å². The van der Waals surface area contributed by atoms with E-state index in [0.717, 1.165) is 13.2 Å². The van der Waals surface area contributed by atoms with Gasteiger partial charge >= 0.3 is 0 Å². The second kappa shape index (κ2) is 5.58. The van der Waals surface area contributed by atoms with Gasteiger partial charge in [-0.25, -0.2) is 0 Å². The monoisotopic (exact) mass is 283 g/mol. The van der Waals surface area contributed by atoms with Gasteiger partial charge in [0.2, 0.25) is 0 Å². The normalized spacial score (nSPS) is 31.8. The number of hydrogen-bond acceptors (Lipinski definition) is 3. The molecule has 118 valence electrons. The third kappa shape index (κ3) is 3.96. The summed E-state index contributed by atoms with van der Waals surface area (Å²) in [4.78, 5) is 2.68. The molecule has 3 heteroatoms. The molecule has 2 saturated heterocycles. The summed E-state index contributed by atoms with van der Waals surface area (Å²) < 4.78 is 12.2. The molecular weight excluding hydrogens is 250 g/mol. The molecule has 0 amide bonds. The highest BCUT2D eigenvalue weighted by molar-refractivity contribution is 5.04. The van der Waals surface area contributed by atoms with Crippen molar-refractivity contribution < 1.29 is 9.47 Å². The molecule has 0 N–H and O–H groups in total. The molecule has 20 heavy (non-hydrogen) atoms. The van der Waals surface area contributed by atoms with Crippen LogP contribution in [0.3, 0.4) is 0 Å². The van der Waals surface area contributed by atoms with Crippen LogP contribution in [0.5, 0.6) is 0 Å². The van der Waals surface area contributed by atoms with Crippen molar-refractivity contribution in [3.05, 3.63) is 0 Å². The van der Waals surface area contributed by atoms with E-state index in [9.17, 15) is 0 Å². The van der Waals surface area contributed by atoms with E-state index in [2.05, 4.69) is 46.4 Å². The van der Waals surface area contributed by atoms with Gasteiger partial charge in [-0.1, -0.05) is 0 Å². The first-order valence-electron chi connectivity index (χ1n) is 8.16. The van der Waals surface area contributed by atoms with Crippen LogP contribution >= 0.6 is 0 Å². The molecule has 2 rings (SSSR count). The molecule has 0 saturated carbocycles. The lowest BCUT2D eigenvalue weighted by atomic mass is 9.95. The maximum absolute atomic E-state index is 6.13. The van der Waals surface area contributed by atoms with E-state index in [4.69, 9.17) is 9.47 Å². The summed E-state index contributed by atoms with van der Waals surface area (Å²) in [5.41, 5.74) is 0.217. The zero-order valence-corrected chi connectivity index (χ0v) is 14.3. The molecule has 2 heterocycles. The number of rotatable bonds is 4. The zero-order valence-electron chi connectivity index (χ0n) is 14.3.